The highest BCUT2D eigenvalue weighted by Gasteiger charge is 2.34. The summed E-state index contributed by atoms with van der Waals surface area (Å²) in [6, 6.07) is 11.4. The maximum atomic E-state index is 13.0. The number of Topliss-reactive ketones (excluding diaryl/α,β-unsaturated/α-hetero) is 1. The Balaban J connectivity index is 1.44. The summed E-state index contributed by atoms with van der Waals surface area (Å²) in [5, 5.41) is 0. The van der Waals surface area contributed by atoms with Crippen LogP contribution >= 0.6 is 0 Å². The molecule has 1 unspecified atom stereocenters. The molecule has 0 bridgehead atoms. The quantitative estimate of drug-likeness (QED) is 0.810. The molecule has 1 nitrogen and oxygen atoms in total. The van der Waals surface area contributed by atoms with Gasteiger partial charge in [0.25, 0.3) is 0 Å². The van der Waals surface area contributed by atoms with Gasteiger partial charge in [-0.15, -0.1) is 0 Å². The van der Waals surface area contributed by atoms with Gasteiger partial charge >= 0.3 is 0 Å². The number of hydrogen-bond donors (Lipinski definition) is 0. The molecule has 0 radical (unpaired) electrons. The fourth-order valence-electron chi connectivity index (χ4n) is 4.96. The van der Waals surface area contributed by atoms with Crippen LogP contribution in [0.4, 0.5) is 0 Å². The standard InChI is InChI=1S/C22H22O/c23-22-19(12-14-7-8-15-3-1-5-17(15)11-14)13-18-10-9-16-4-2-6-20(16)21(18)22/h7-11,19H,1-6,12-13H2. The normalized spacial score (nSPS) is 21.4. The average molecular weight is 302 g/mol. The minimum absolute atomic E-state index is 0.163. The number of carbonyl (C=O) groups is 1. The second kappa shape index (κ2) is 5.06. The van der Waals surface area contributed by atoms with E-state index >= 15 is 0 Å². The molecule has 23 heavy (non-hydrogen) atoms. The van der Waals surface area contributed by atoms with E-state index in [2.05, 4.69) is 30.3 Å². The van der Waals surface area contributed by atoms with Gasteiger partial charge in [0.15, 0.2) is 5.78 Å². The van der Waals surface area contributed by atoms with E-state index in [1.54, 1.807) is 0 Å². The van der Waals surface area contributed by atoms with Crippen molar-refractivity contribution in [3.05, 3.63) is 69.3 Å². The van der Waals surface area contributed by atoms with Crippen molar-refractivity contribution < 1.29 is 4.79 Å². The Morgan fingerprint density at radius 1 is 0.826 bits per heavy atom. The smallest absolute Gasteiger partial charge is 0.167 e. The van der Waals surface area contributed by atoms with Crippen molar-refractivity contribution in [2.45, 2.75) is 51.4 Å². The molecule has 0 aromatic heterocycles. The second-order valence-corrected chi connectivity index (χ2v) is 7.52. The molecule has 0 saturated carbocycles. The molecule has 2 aromatic rings. The summed E-state index contributed by atoms with van der Waals surface area (Å²) in [7, 11) is 0. The summed E-state index contributed by atoms with van der Waals surface area (Å²) < 4.78 is 0. The molecule has 3 aliphatic carbocycles. The van der Waals surface area contributed by atoms with Crippen molar-refractivity contribution in [2.75, 3.05) is 0 Å². The van der Waals surface area contributed by atoms with Crippen LogP contribution in [0.5, 0.6) is 0 Å². The van der Waals surface area contributed by atoms with Gasteiger partial charge in [0.2, 0.25) is 0 Å². The Bertz CT molecular complexity index is 815. The van der Waals surface area contributed by atoms with E-state index in [0.717, 1.165) is 31.2 Å². The molecule has 0 saturated heterocycles. The molecule has 0 fully saturated rings. The summed E-state index contributed by atoms with van der Waals surface area (Å²) in [6.45, 7) is 0. The fraction of sp³-hybridized carbons (Fsp3) is 0.409. The number of rotatable bonds is 2. The van der Waals surface area contributed by atoms with Crippen LogP contribution in [0.3, 0.4) is 0 Å². The van der Waals surface area contributed by atoms with Gasteiger partial charge in [-0.2, -0.15) is 0 Å². The van der Waals surface area contributed by atoms with Gasteiger partial charge in [-0.25, -0.2) is 0 Å². The van der Waals surface area contributed by atoms with E-state index in [1.165, 1.54) is 59.1 Å². The molecular weight excluding hydrogens is 280 g/mol. The lowest BCUT2D eigenvalue weighted by atomic mass is 9.93. The van der Waals surface area contributed by atoms with E-state index in [9.17, 15) is 4.79 Å². The first-order chi connectivity index (χ1) is 11.3. The monoisotopic (exact) mass is 302 g/mol. The zero-order chi connectivity index (χ0) is 15.4. The SMILES string of the molecule is O=C1c2c(ccc3c2CCC3)CC1Cc1ccc2c(c1)CCC2. The highest BCUT2D eigenvalue weighted by Crippen LogP contribution is 2.37. The molecule has 2 aromatic carbocycles. The van der Waals surface area contributed by atoms with E-state index in [4.69, 9.17) is 0 Å². The Morgan fingerprint density at radius 3 is 2.52 bits per heavy atom. The van der Waals surface area contributed by atoms with Crippen molar-refractivity contribution in [1.29, 1.82) is 0 Å². The zero-order valence-electron chi connectivity index (χ0n) is 13.5. The minimum atomic E-state index is 0.163. The van der Waals surface area contributed by atoms with E-state index in [-0.39, 0.29) is 5.92 Å². The van der Waals surface area contributed by atoms with Crippen LogP contribution in [0.1, 0.15) is 56.6 Å². The lowest BCUT2D eigenvalue weighted by Gasteiger charge is -2.10. The number of fused-ring (bicyclic) bond motifs is 4. The Morgan fingerprint density at radius 2 is 1.57 bits per heavy atom. The molecule has 0 spiro atoms. The lowest BCUT2D eigenvalue weighted by molar-refractivity contribution is 0.0935. The molecule has 116 valence electrons. The predicted molar refractivity (Wildman–Crippen MR) is 92.2 cm³/mol. The second-order valence-electron chi connectivity index (χ2n) is 7.52. The van der Waals surface area contributed by atoms with Gasteiger partial charge in [0.1, 0.15) is 0 Å². The first-order valence-corrected chi connectivity index (χ1v) is 9.08. The molecule has 0 aliphatic heterocycles. The maximum Gasteiger partial charge on any atom is 0.167 e. The molecule has 5 rings (SSSR count). The third-order valence-corrected chi connectivity index (χ3v) is 6.10. The highest BCUT2D eigenvalue weighted by atomic mass is 16.1. The zero-order valence-corrected chi connectivity index (χ0v) is 13.5. The summed E-state index contributed by atoms with van der Waals surface area (Å²) in [6.07, 6.45) is 9.08. The van der Waals surface area contributed by atoms with Crippen molar-refractivity contribution >= 4 is 5.78 Å². The van der Waals surface area contributed by atoms with Gasteiger partial charge in [0, 0.05) is 11.5 Å². The first kappa shape index (κ1) is 13.5. The van der Waals surface area contributed by atoms with Crippen LogP contribution in [0, 0.1) is 5.92 Å². The van der Waals surface area contributed by atoms with Gasteiger partial charge in [-0.1, -0.05) is 30.3 Å². The highest BCUT2D eigenvalue weighted by molar-refractivity contribution is 6.04. The van der Waals surface area contributed by atoms with Crippen molar-refractivity contribution in [1.82, 2.24) is 0 Å². The maximum absolute atomic E-state index is 13.0. The first-order valence-electron chi connectivity index (χ1n) is 9.08. The lowest BCUT2D eigenvalue weighted by Crippen LogP contribution is -2.13. The van der Waals surface area contributed by atoms with Crippen LogP contribution < -0.4 is 0 Å². The van der Waals surface area contributed by atoms with Gasteiger partial charge in [-0.05, 0) is 84.7 Å². The van der Waals surface area contributed by atoms with Crippen LogP contribution in [0.2, 0.25) is 0 Å². The largest absolute Gasteiger partial charge is 0.294 e. The summed E-state index contributed by atoms with van der Waals surface area (Å²) in [5.74, 6) is 0.579. The van der Waals surface area contributed by atoms with Crippen LogP contribution in [-0.4, -0.2) is 5.78 Å². The van der Waals surface area contributed by atoms with E-state index < -0.39 is 0 Å². The molecule has 0 N–H and O–H groups in total. The number of carbonyl (C=O) groups excluding carboxylic acids is 1. The van der Waals surface area contributed by atoms with E-state index in [1.807, 2.05) is 0 Å². The summed E-state index contributed by atoms with van der Waals surface area (Å²) >= 11 is 0. The summed E-state index contributed by atoms with van der Waals surface area (Å²) in [4.78, 5) is 13.0. The number of aryl methyl sites for hydroxylation is 3. The minimum Gasteiger partial charge on any atom is -0.294 e. The molecule has 0 heterocycles. The number of benzene rings is 2. The number of hydrogen-bond acceptors (Lipinski definition) is 1. The predicted octanol–water partition coefficient (Wildman–Crippen LogP) is 4.26. The Kier molecular flexibility index (Phi) is 2.98. The number of ketones is 1. The van der Waals surface area contributed by atoms with Crippen LogP contribution in [-0.2, 0) is 38.5 Å². The van der Waals surface area contributed by atoms with Crippen molar-refractivity contribution in [3.8, 4) is 0 Å². The molecule has 1 atom stereocenters. The fourth-order valence-corrected chi connectivity index (χ4v) is 4.96. The molecular formula is C22H22O. The van der Waals surface area contributed by atoms with E-state index in [0.29, 0.717) is 5.78 Å². The third-order valence-electron chi connectivity index (χ3n) is 6.10. The molecule has 3 aliphatic rings. The third kappa shape index (κ3) is 2.09. The van der Waals surface area contributed by atoms with Gasteiger partial charge < -0.3 is 0 Å². The van der Waals surface area contributed by atoms with Crippen LogP contribution in [0.25, 0.3) is 0 Å². The summed E-state index contributed by atoms with van der Waals surface area (Å²) in [5.41, 5.74) is 9.61. The topological polar surface area (TPSA) is 17.1 Å². The molecule has 1 heteroatoms. The molecule has 0 amide bonds. The average Bonchev–Trinajstić information content (AvgIpc) is 3.26. The Labute approximate surface area is 137 Å². The van der Waals surface area contributed by atoms with Crippen molar-refractivity contribution in [3.63, 3.8) is 0 Å². The van der Waals surface area contributed by atoms with Crippen molar-refractivity contribution in [2.24, 2.45) is 5.92 Å². The Hall–Kier alpha value is -1.89. The van der Waals surface area contributed by atoms with Gasteiger partial charge in [0.05, 0.1) is 0 Å². The van der Waals surface area contributed by atoms with Gasteiger partial charge in [-0.3, -0.25) is 4.79 Å². The van der Waals surface area contributed by atoms with Crippen LogP contribution in [0.15, 0.2) is 30.3 Å².